The summed E-state index contributed by atoms with van der Waals surface area (Å²) in [4.78, 5) is 25.5. The number of fused-ring (bicyclic) bond motifs is 1. The number of anilines is 1. The summed E-state index contributed by atoms with van der Waals surface area (Å²) >= 11 is 3.11. The highest BCUT2D eigenvalue weighted by Crippen LogP contribution is 2.28. The average molecular weight is 375 g/mol. The third-order valence-corrected chi connectivity index (χ3v) is 5.81. The second kappa shape index (κ2) is 7.03. The number of carbonyl (C=O) groups excluding carboxylic acids is 1. The molecule has 1 aliphatic heterocycles. The first-order valence-electron chi connectivity index (χ1n) is 8.01. The SMILES string of the molecule is CN1CCc2nc(NC(=O)CCc3nc(-c4cccs4)no3)sc2C1. The molecule has 4 heterocycles. The number of rotatable bonds is 5. The minimum Gasteiger partial charge on any atom is -0.339 e. The van der Waals surface area contributed by atoms with Crippen LogP contribution in [0.5, 0.6) is 0 Å². The van der Waals surface area contributed by atoms with Gasteiger partial charge in [-0.15, -0.1) is 22.7 Å². The molecule has 0 atom stereocenters. The van der Waals surface area contributed by atoms with Gasteiger partial charge in [0.2, 0.25) is 17.6 Å². The van der Waals surface area contributed by atoms with E-state index in [2.05, 4.69) is 32.4 Å². The van der Waals surface area contributed by atoms with Crippen molar-refractivity contribution >= 4 is 33.7 Å². The zero-order valence-electron chi connectivity index (χ0n) is 13.7. The quantitative estimate of drug-likeness (QED) is 0.738. The number of aryl methyl sites for hydroxylation is 1. The highest BCUT2D eigenvalue weighted by molar-refractivity contribution is 7.15. The molecule has 1 amide bonds. The number of nitrogens with zero attached hydrogens (tertiary/aromatic N) is 4. The molecule has 0 bridgehead atoms. The normalized spacial score (nSPS) is 14.4. The van der Waals surface area contributed by atoms with Crippen LogP contribution in [0.15, 0.2) is 22.0 Å². The summed E-state index contributed by atoms with van der Waals surface area (Å²) in [5.74, 6) is 0.955. The van der Waals surface area contributed by atoms with Gasteiger partial charge >= 0.3 is 0 Å². The first-order chi connectivity index (χ1) is 12.2. The van der Waals surface area contributed by atoms with Gasteiger partial charge in [-0.1, -0.05) is 11.2 Å². The van der Waals surface area contributed by atoms with Crippen LogP contribution in [0.1, 0.15) is 22.9 Å². The zero-order valence-corrected chi connectivity index (χ0v) is 15.3. The molecule has 25 heavy (non-hydrogen) atoms. The number of nitrogens with one attached hydrogen (secondary N) is 1. The lowest BCUT2D eigenvalue weighted by Gasteiger charge is -2.20. The Bertz CT molecular complexity index is 871. The summed E-state index contributed by atoms with van der Waals surface area (Å²) in [7, 11) is 2.09. The molecule has 9 heteroatoms. The minimum atomic E-state index is -0.0877. The molecule has 0 radical (unpaired) electrons. The molecule has 0 saturated carbocycles. The average Bonchev–Trinajstić information content (AvgIpc) is 3.32. The Balaban J connectivity index is 1.32. The fourth-order valence-electron chi connectivity index (χ4n) is 2.64. The summed E-state index contributed by atoms with van der Waals surface area (Å²) in [6.07, 6.45) is 1.64. The number of hydrogen-bond acceptors (Lipinski definition) is 8. The molecule has 3 aromatic heterocycles. The lowest BCUT2D eigenvalue weighted by Crippen LogP contribution is -2.25. The van der Waals surface area contributed by atoms with Gasteiger partial charge in [0.15, 0.2) is 5.13 Å². The molecular weight excluding hydrogens is 358 g/mol. The second-order valence-corrected chi connectivity index (χ2v) is 7.95. The van der Waals surface area contributed by atoms with Crippen LogP contribution in [0.25, 0.3) is 10.7 Å². The number of likely N-dealkylation sites (N-methyl/N-ethyl adjacent to an activating group) is 1. The molecule has 0 aliphatic carbocycles. The Hall–Kier alpha value is -2.10. The van der Waals surface area contributed by atoms with Crippen LogP contribution in [0.3, 0.4) is 0 Å². The van der Waals surface area contributed by atoms with E-state index in [0.29, 0.717) is 23.3 Å². The van der Waals surface area contributed by atoms with E-state index in [4.69, 9.17) is 4.52 Å². The van der Waals surface area contributed by atoms with Crippen molar-refractivity contribution in [3.05, 3.63) is 34.0 Å². The maximum absolute atomic E-state index is 12.2. The van der Waals surface area contributed by atoms with Crippen molar-refractivity contribution in [2.75, 3.05) is 18.9 Å². The van der Waals surface area contributed by atoms with E-state index in [-0.39, 0.29) is 12.3 Å². The van der Waals surface area contributed by atoms with Crippen molar-refractivity contribution < 1.29 is 9.32 Å². The van der Waals surface area contributed by atoms with E-state index in [1.165, 1.54) is 4.88 Å². The van der Waals surface area contributed by atoms with Gasteiger partial charge in [0.1, 0.15) is 0 Å². The summed E-state index contributed by atoms with van der Waals surface area (Å²) in [6, 6.07) is 3.88. The standard InChI is InChI=1S/C16H17N5O2S2/c1-21-7-6-10-12(9-21)25-16(17-10)18-13(22)4-5-14-19-15(20-23-14)11-3-2-8-24-11/h2-3,8H,4-7,9H2,1H3,(H,17,18,22). The first-order valence-corrected chi connectivity index (χ1v) is 9.70. The monoisotopic (exact) mass is 375 g/mol. The highest BCUT2D eigenvalue weighted by atomic mass is 32.1. The van der Waals surface area contributed by atoms with Crippen molar-refractivity contribution in [3.8, 4) is 10.7 Å². The number of thiazole rings is 1. The number of thiophene rings is 1. The number of aromatic nitrogens is 3. The van der Waals surface area contributed by atoms with Gasteiger partial charge in [-0.05, 0) is 18.5 Å². The minimum absolute atomic E-state index is 0.0877. The van der Waals surface area contributed by atoms with Crippen molar-refractivity contribution in [2.45, 2.75) is 25.8 Å². The lowest BCUT2D eigenvalue weighted by atomic mass is 10.2. The van der Waals surface area contributed by atoms with E-state index in [1.807, 2.05) is 17.5 Å². The molecule has 0 aromatic carbocycles. The van der Waals surface area contributed by atoms with Crippen LogP contribution in [0.4, 0.5) is 5.13 Å². The van der Waals surface area contributed by atoms with Gasteiger partial charge in [0, 0.05) is 37.2 Å². The van der Waals surface area contributed by atoms with Crippen LogP contribution >= 0.6 is 22.7 Å². The summed E-state index contributed by atoms with van der Waals surface area (Å²) in [6.45, 7) is 1.91. The van der Waals surface area contributed by atoms with E-state index < -0.39 is 0 Å². The van der Waals surface area contributed by atoms with Crippen LogP contribution in [-0.2, 0) is 24.2 Å². The number of carbonyl (C=O) groups is 1. The van der Waals surface area contributed by atoms with Gasteiger partial charge in [-0.25, -0.2) is 4.98 Å². The molecule has 4 rings (SSSR count). The Labute approximate surface area is 152 Å². The number of hydrogen-bond donors (Lipinski definition) is 1. The Morgan fingerprint density at radius 2 is 2.36 bits per heavy atom. The zero-order chi connectivity index (χ0) is 17.2. The van der Waals surface area contributed by atoms with Gasteiger partial charge in [-0.2, -0.15) is 4.98 Å². The molecular formula is C16H17N5O2S2. The second-order valence-electron chi connectivity index (χ2n) is 5.91. The van der Waals surface area contributed by atoms with Gasteiger partial charge < -0.3 is 14.7 Å². The predicted octanol–water partition coefficient (Wildman–Crippen LogP) is 2.81. The molecule has 3 aromatic rings. The molecule has 130 valence electrons. The van der Waals surface area contributed by atoms with Crippen molar-refractivity contribution in [1.82, 2.24) is 20.0 Å². The van der Waals surface area contributed by atoms with Gasteiger partial charge in [-0.3, -0.25) is 4.79 Å². The largest absolute Gasteiger partial charge is 0.339 e. The van der Waals surface area contributed by atoms with Gasteiger partial charge in [0.25, 0.3) is 0 Å². The fourth-order valence-corrected chi connectivity index (χ4v) is 4.39. The van der Waals surface area contributed by atoms with Crippen LogP contribution < -0.4 is 5.32 Å². The lowest BCUT2D eigenvalue weighted by molar-refractivity contribution is -0.116. The molecule has 0 unspecified atom stereocenters. The molecule has 0 spiro atoms. The van der Waals surface area contributed by atoms with E-state index in [0.717, 1.165) is 30.1 Å². The maximum Gasteiger partial charge on any atom is 0.227 e. The number of amides is 1. The van der Waals surface area contributed by atoms with Crippen molar-refractivity contribution in [2.24, 2.45) is 0 Å². The fraction of sp³-hybridized carbons (Fsp3) is 0.375. The summed E-state index contributed by atoms with van der Waals surface area (Å²) in [5.41, 5.74) is 1.11. The Morgan fingerprint density at radius 3 is 3.20 bits per heavy atom. The van der Waals surface area contributed by atoms with Crippen LogP contribution in [0, 0.1) is 0 Å². The maximum atomic E-state index is 12.2. The third-order valence-electron chi connectivity index (χ3n) is 3.94. The molecule has 1 aliphatic rings. The summed E-state index contributed by atoms with van der Waals surface area (Å²) in [5, 5.41) is 9.47. The highest BCUT2D eigenvalue weighted by Gasteiger charge is 2.19. The Kier molecular flexibility index (Phi) is 4.60. The third kappa shape index (κ3) is 3.78. The van der Waals surface area contributed by atoms with E-state index in [1.54, 1.807) is 22.7 Å². The van der Waals surface area contributed by atoms with Crippen molar-refractivity contribution in [1.29, 1.82) is 0 Å². The van der Waals surface area contributed by atoms with Crippen LogP contribution in [0.2, 0.25) is 0 Å². The van der Waals surface area contributed by atoms with E-state index in [9.17, 15) is 4.79 Å². The van der Waals surface area contributed by atoms with Crippen molar-refractivity contribution in [3.63, 3.8) is 0 Å². The molecule has 0 fully saturated rings. The van der Waals surface area contributed by atoms with Crippen LogP contribution in [-0.4, -0.2) is 39.5 Å². The van der Waals surface area contributed by atoms with Gasteiger partial charge in [0.05, 0.1) is 10.6 Å². The summed E-state index contributed by atoms with van der Waals surface area (Å²) < 4.78 is 5.21. The molecule has 0 saturated heterocycles. The Morgan fingerprint density at radius 1 is 1.44 bits per heavy atom. The first kappa shape index (κ1) is 16.4. The van der Waals surface area contributed by atoms with E-state index >= 15 is 0 Å². The molecule has 1 N–H and O–H groups in total. The predicted molar refractivity (Wildman–Crippen MR) is 96.7 cm³/mol. The molecule has 7 nitrogen and oxygen atoms in total. The topological polar surface area (TPSA) is 84.2 Å². The smallest absolute Gasteiger partial charge is 0.227 e.